The average Bonchev–Trinajstić information content (AvgIpc) is 2.85. The summed E-state index contributed by atoms with van der Waals surface area (Å²) in [5.41, 5.74) is 0. The quantitative estimate of drug-likeness (QED) is 0.799. The van der Waals surface area contributed by atoms with Crippen molar-refractivity contribution < 1.29 is 0 Å². The second-order valence-corrected chi connectivity index (χ2v) is 4.77. The molecule has 1 aliphatic rings. The van der Waals surface area contributed by atoms with Crippen LogP contribution >= 0.6 is 0 Å². The van der Waals surface area contributed by atoms with Crippen LogP contribution in [0.4, 0.5) is 11.8 Å². The third-order valence-corrected chi connectivity index (χ3v) is 3.44. The molecule has 0 saturated carbocycles. The fraction of sp³-hybridized carbons (Fsp3) is 0.462. The Bertz CT molecular complexity index is 556. The standard InChI is InChI=1S/C13H18N6/c1-11-14-4-3-12(16-11)18-7-9-19(10-8-18)13-15-5-6-17(13)2/h3-6H,7-10H2,1-2H3. The molecule has 100 valence electrons. The maximum Gasteiger partial charge on any atom is 0.205 e. The minimum atomic E-state index is 0.823. The third-order valence-electron chi connectivity index (χ3n) is 3.44. The van der Waals surface area contributed by atoms with Crippen molar-refractivity contribution in [2.45, 2.75) is 6.92 Å². The number of anilines is 2. The molecule has 0 unspecified atom stereocenters. The van der Waals surface area contributed by atoms with E-state index in [2.05, 4.69) is 29.3 Å². The van der Waals surface area contributed by atoms with Crippen molar-refractivity contribution in [3.63, 3.8) is 0 Å². The second kappa shape index (κ2) is 4.87. The summed E-state index contributed by atoms with van der Waals surface area (Å²) in [6.45, 7) is 5.78. The van der Waals surface area contributed by atoms with Crippen LogP contribution in [0.2, 0.25) is 0 Å². The molecule has 6 heteroatoms. The predicted octanol–water partition coefficient (Wildman–Crippen LogP) is 0.845. The van der Waals surface area contributed by atoms with Crippen LogP contribution in [0, 0.1) is 6.92 Å². The SMILES string of the molecule is Cc1nccc(N2CCN(c3nccn3C)CC2)n1. The topological polar surface area (TPSA) is 50.1 Å². The Hall–Kier alpha value is -2.11. The van der Waals surface area contributed by atoms with E-state index in [0.717, 1.165) is 43.8 Å². The summed E-state index contributed by atoms with van der Waals surface area (Å²) in [5, 5.41) is 0. The molecule has 0 aliphatic carbocycles. The Labute approximate surface area is 112 Å². The van der Waals surface area contributed by atoms with Crippen LogP contribution in [0.5, 0.6) is 0 Å². The summed E-state index contributed by atoms with van der Waals surface area (Å²) in [4.78, 5) is 17.6. The van der Waals surface area contributed by atoms with E-state index in [1.807, 2.05) is 38.6 Å². The summed E-state index contributed by atoms with van der Waals surface area (Å²) in [7, 11) is 2.03. The maximum atomic E-state index is 4.48. The van der Waals surface area contributed by atoms with Gasteiger partial charge in [-0.15, -0.1) is 0 Å². The Morgan fingerprint density at radius 1 is 1.00 bits per heavy atom. The molecule has 2 aromatic heterocycles. The molecule has 0 spiro atoms. The monoisotopic (exact) mass is 258 g/mol. The van der Waals surface area contributed by atoms with Crippen LogP contribution in [0.15, 0.2) is 24.7 Å². The van der Waals surface area contributed by atoms with Crippen molar-refractivity contribution in [2.24, 2.45) is 7.05 Å². The highest BCUT2D eigenvalue weighted by Gasteiger charge is 2.20. The fourth-order valence-corrected chi connectivity index (χ4v) is 2.42. The van der Waals surface area contributed by atoms with Gasteiger partial charge in [-0.25, -0.2) is 15.0 Å². The fourth-order valence-electron chi connectivity index (χ4n) is 2.42. The summed E-state index contributed by atoms with van der Waals surface area (Å²) < 4.78 is 2.06. The van der Waals surface area contributed by atoms with Crippen LogP contribution < -0.4 is 9.80 Å². The number of nitrogens with zero attached hydrogens (tertiary/aromatic N) is 6. The third kappa shape index (κ3) is 2.38. The van der Waals surface area contributed by atoms with E-state index in [0.29, 0.717) is 0 Å². The van der Waals surface area contributed by atoms with Crippen LogP contribution in [-0.4, -0.2) is 45.7 Å². The molecule has 19 heavy (non-hydrogen) atoms. The van der Waals surface area contributed by atoms with Crippen molar-refractivity contribution >= 4 is 11.8 Å². The lowest BCUT2D eigenvalue weighted by molar-refractivity contribution is 0.624. The number of aryl methyl sites for hydroxylation is 2. The minimum absolute atomic E-state index is 0.823. The zero-order valence-electron chi connectivity index (χ0n) is 11.3. The summed E-state index contributed by atoms with van der Waals surface area (Å²) in [6, 6.07) is 1.98. The van der Waals surface area contributed by atoms with Gasteiger partial charge in [0.15, 0.2) is 0 Å². The smallest absolute Gasteiger partial charge is 0.205 e. The molecule has 0 N–H and O–H groups in total. The Balaban J connectivity index is 1.68. The Morgan fingerprint density at radius 3 is 2.37 bits per heavy atom. The van der Waals surface area contributed by atoms with Gasteiger partial charge in [-0.2, -0.15) is 0 Å². The number of hydrogen-bond acceptors (Lipinski definition) is 5. The van der Waals surface area contributed by atoms with Crippen LogP contribution in [0.3, 0.4) is 0 Å². The molecule has 0 amide bonds. The Kier molecular flexibility index (Phi) is 3.06. The highest BCUT2D eigenvalue weighted by atomic mass is 15.4. The molecule has 0 bridgehead atoms. The van der Waals surface area contributed by atoms with Crippen molar-refractivity contribution in [2.75, 3.05) is 36.0 Å². The summed E-state index contributed by atoms with van der Waals surface area (Å²) in [6.07, 6.45) is 5.65. The van der Waals surface area contributed by atoms with Gasteiger partial charge in [-0.05, 0) is 13.0 Å². The molecular formula is C13H18N6. The number of hydrogen-bond donors (Lipinski definition) is 0. The van der Waals surface area contributed by atoms with E-state index in [4.69, 9.17) is 0 Å². The molecule has 3 rings (SSSR count). The highest BCUT2D eigenvalue weighted by Crippen LogP contribution is 2.16. The maximum absolute atomic E-state index is 4.48. The van der Waals surface area contributed by atoms with Gasteiger partial charge in [0, 0.05) is 51.8 Å². The van der Waals surface area contributed by atoms with E-state index in [-0.39, 0.29) is 0 Å². The minimum Gasteiger partial charge on any atom is -0.353 e. The lowest BCUT2D eigenvalue weighted by Gasteiger charge is -2.35. The number of aromatic nitrogens is 4. The van der Waals surface area contributed by atoms with E-state index in [9.17, 15) is 0 Å². The van der Waals surface area contributed by atoms with Gasteiger partial charge in [0.2, 0.25) is 5.95 Å². The first-order valence-corrected chi connectivity index (χ1v) is 6.51. The van der Waals surface area contributed by atoms with E-state index < -0.39 is 0 Å². The highest BCUT2D eigenvalue weighted by molar-refractivity contribution is 5.42. The molecule has 3 heterocycles. The Morgan fingerprint density at radius 2 is 1.74 bits per heavy atom. The number of piperazine rings is 1. The first-order valence-electron chi connectivity index (χ1n) is 6.51. The summed E-state index contributed by atoms with van der Waals surface area (Å²) in [5.74, 6) is 2.88. The van der Waals surface area contributed by atoms with Crippen molar-refractivity contribution in [3.8, 4) is 0 Å². The number of rotatable bonds is 2. The first kappa shape index (κ1) is 12.0. The largest absolute Gasteiger partial charge is 0.353 e. The van der Waals surface area contributed by atoms with Gasteiger partial charge >= 0.3 is 0 Å². The van der Waals surface area contributed by atoms with Gasteiger partial charge in [0.1, 0.15) is 11.6 Å². The van der Waals surface area contributed by atoms with Gasteiger partial charge in [0.05, 0.1) is 0 Å². The lowest BCUT2D eigenvalue weighted by atomic mass is 10.3. The molecular weight excluding hydrogens is 240 g/mol. The molecule has 1 saturated heterocycles. The molecule has 2 aromatic rings. The predicted molar refractivity (Wildman–Crippen MR) is 74.4 cm³/mol. The van der Waals surface area contributed by atoms with Gasteiger partial charge in [0.25, 0.3) is 0 Å². The normalized spacial score (nSPS) is 15.9. The van der Waals surface area contributed by atoms with Crippen LogP contribution in [0.25, 0.3) is 0 Å². The van der Waals surface area contributed by atoms with Crippen LogP contribution in [-0.2, 0) is 7.05 Å². The van der Waals surface area contributed by atoms with Gasteiger partial charge < -0.3 is 14.4 Å². The second-order valence-electron chi connectivity index (χ2n) is 4.77. The zero-order valence-corrected chi connectivity index (χ0v) is 11.3. The molecule has 1 aliphatic heterocycles. The molecule has 0 radical (unpaired) electrons. The van der Waals surface area contributed by atoms with Crippen molar-refractivity contribution in [1.82, 2.24) is 19.5 Å². The van der Waals surface area contributed by atoms with Gasteiger partial charge in [-0.3, -0.25) is 0 Å². The van der Waals surface area contributed by atoms with Crippen molar-refractivity contribution in [3.05, 3.63) is 30.5 Å². The summed E-state index contributed by atoms with van der Waals surface area (Å²) >= 11 is 0. The van der Waals surface area contributed by atoms with E-state index >= 15 is 0 Å². The molecule has 6 nitrogen and oxygen atoms in total. The molecule has 0 aromatic carbocycles. The average molecular weight is 258 g/mol. The molecule has 1 fully saturated rings. The van der Waals surface area contributed by atoms with E-state index in [1.165, 1.54) is 0 Å². The lowest BCUT2D eigenvalue weighted by Crippen LogP contribution is -2.47. The van der Waals surface area contributed by atoms with Crippen molar-refractivity contribution in [1.29, 1.82) is 0 Å². The van der Waals surface area contributed by atoms with E-state index in [1.54, 1.807) is 0 Å². The molecule has 0 atom stereocenters. The first-order chi connectivity index (χ1) is 9.24. The van der Waals surface area contributed by atoms with Crippen LogP contribution in [0.1, 0.15) is 5.82 Å². The van der Waals surface area contributed by atoms with Gasteiger partial charge in [-0.1, -0.05) is 0 Å². The number of imidazole rings is 1. The zero-order chi connectivity index (χ0) is 13.2.